The van der Waals surface area contributed by atoms with Crippen LogP contribution in [0.2, 0.25) is 0 Å². The molecule has 0 amide bonds. The van der Waals surface area contributed by atoms with Crippen molar-refractivity contribution in [3.8, 4) is 11.3 Å². The fourth-order valence-electron chi connectivity index (χ4n) is 1.60. The highest BCUT2D eigenvalue weighted by molar-refractivity contribution is 5.86. The van der Waals surface area contributed by atoms with Crippen molar-refractivity contribution in [1.29, 1.82) is 0 Å². The summed E-state index contributed by atoms with van der Waals surface area (Å²) in [7, 11) is 0. The molecule has 2 aromatic rings. The smallest absolute Gasteiger partial charge is 0.353 e. The van der Waals surface area contributed by atoms with Crippen molar-refractivity contribution in [1.82, 2.24) is 10.2 Å². The number of rotatable bonds is 3. The molecule has 0 fully saturated rings. The van der Waals surface area contributed by atoms with Gasteiger partial charge in [0.1, 0.15) is 5.69 Å². The number of aromatic amines is 1. The fraction of sp³-hybridized carbons (Fsp3) is 0.167. The van der Waals surface area contributed by atoms with Crippen LogP contribution in [0.1, 0.15) is 23.0 Å². The van der Waals surface area contributed by atoms with Gasteiger partial charge in [-0.3, -0.25) is 5.10 Å². The topological polar surface area (TPSA) is 66.0 Å². The molecule has 2 N–H and O–H groups in total. The molecule has 1 heterocycles. The van der Waals surface area contributed by atoms with Gasteiger partial charge in [0.15, 0.2) is 11.6 Å². The molecule has 94 valence electrons. The van der Waals surface area contributed by atoms with Gasteiger partial charge < -0.3 is 5.11 Å². The molecule has 0 saturated carbocycles. The van der Waals surface area contributed by atoms with Crippen molar-refractivity contribution in [3.05, 3.63) is 41.1 Å². The second kappa shape index (κ2) is 4.56. The molecule has 0 aliphatic heterocycles. The number of carboxylic acids is 1. The highest BCUT2D eigenvalue weighted by atomic mass is 19.2. The van der Waals surface area contributed by atoms with Crippen molar-refractivity contribution in [2.24, 2.45) is 0 Å². The molecule has 6 heteroatoms. The van der Waals surface area contributed by atoms with Crippen LogP contribution < -0.4 is 0 Å². The molecule has 0 spiro atoms. The highest BCUT2D eigenvalue weighted by Gasteiger charge is 2.16. The van der Waals surface area contributed by atoms with Gasteiger partial charge in [-0.1, -0.05) is 6.92 Å². The van der Waals surface area contributed by atoms with Gasteiger partial charge in [0, 0.05) is 5.56 Å². The molecule has 2 rings (SSSR count). The summed E-state index contributed by atoms with van der Waals surface area (Å²) >= 11 is 0. The first-order chi connectivity index (χ1) is 8.52. The maximum atomic E-state index is 13.6. The summed E-state index contributed by atoms with van der Waals surface area (Å²) in [6.45, 7) is 1.81. The van der Waals surface area contributed by atoms with Crippen LogP contribution >= 0.6 is 0 Å². The Bertz CT molecular complexity index is 608. The van der Waals surface area contributed by atoms with Crippen LogP contribution in [-0.4, -0.2) is 21.3 Å². The van der Waals surface area contributed by atoms with Crippen LogP contribution in [0.25, 0.3) is 11.3 Å². The molecule has 4 nitrogen and oxygen atoms in total. The van der Waals surface area contributed by atoms with Crippen LogP contribution in [0, 0.1) is 11.6 Å². The maximum Gasteiger partial charge on any atom is 0.353 e. The Morgan fingerprint density at radius 2 is 2.11 bits per heavy atom. The number of carboxylic acid groups (broad SMARTS) is 1. The zero-order valence-electron chi connectivity index (χ0n) is 9.50. The lowest BCUT2D eigenvalue weighted by Gasteiger charge is -2.04. The molecule has 1 aromatic carbocycles. The minimum absolute atomic E-state index is 0.0457. The van der Waals surface area contributed by atoms with E-state index in [0.717, 1.165) is 6.07 Å². The third-order valence-corrected chi connectivity index (χ3v) is 2.58. The molecule has 0 saturated heterocycles. The van der Waals surface area contributed by atoms with E-state index in [9.17, 15) is 13.6 Å². The average molecular weight is 252 g/mol. The Labute approximate surface area is 101 Å². The van der Waals surface area contributed by atoms with Gasteiger partial charge in [-0.2, -0.15) is 5.10 Å². The van der Waals surface area contributed by atoms with E-state index in [4.69, 9.17) is 5.11 Å². The minimum Gasteiger partial charge on any atom is -0.477 e. The van der Waals surface area contributed by atoms with Gasteiger partial charge in [0.05, 0.1) is 5.69 Å². The van der Waals surface area contributed by atoms with E-state index < -0.39 is 17.6 Å². The van der Waals surface area contributed by atoms with E-state index in [1.54, 1.807) is 0 Å². The highest BCUT2D eigenvalue weighted by Crippen LogP contribution is 2.25. The van der Waals surface area contributed by atoms with Gasteiger partial charge in [-0.25, -0.2) is 13.6 Å². The zero-order chi connectivity index (χ0) is 13.3. The summed E-state index contributed by atoms with van der Waals surface area (Å²) in [5.41, 5.74) is 0.463. The fourth-order valence-corrected chi connectivity index (χ4v) is 1.60. The van der Waals surface area contributed by atoms with Gasteiger partial charge in [0.25, 0.3) is 0 Å². The normalized spacial score (nSPS) is 10.6. The number of nitrogens with one attached hydrogen (secondary N) is 1. The maximum absolute atomic E-state index is 13.6. The number of aryl methyl sites for hydroxylation is 1. The van der Waals surface area contributed by atoms with Crippen LogP contribution in [0.3, 0.4) is 0 Å². The van der Waals surface area contributed by atoms with E-state index in [-0.39, 0.29) is 17.0 Å². The van der Waals surface area contributed by atoms with Gasteiger partial charge in [-0.05, 0) is 30.2 Å². The number of halogens is 2. The first-order valence-electron chi connectivity index (χ1n) is 5.30. The van der Waals surface area contributed by atoms with E-state index in [0.29, 0.717) is 12.0 Å². The summed E-state index contributed by atoms with van der Waals surface area (Å²) < 4.78 is 27.0. The number of aromatic carboxylic acids is 1. The lowest BCUT2D eigenvalue weighted by Crippen LogP contribution is -1.95. The number of benzene rings is 1. The Hall–Kier alpha value is -2.24. The lowest BCUT2D eigenvalue weighted by molar-refractivity contribution is 0.0690. The molecule has 1 aromatic heterocycles. The summed E-state index contributed by atoms with van der Waals surface area (Å²) in [6, 6.07) is 3.74. The number of hydrogen-bond acceptors (Lipinski definition) is 2. The van der Waals surface area contributed by atoms with E-state index in [1.807, 2.05) is 6.92 Å². The molecule has 0 aliphatic rings. The first-order valence-corrected chi connectivity index (χ1v) is 5.30. The van der Waals surface area contributed by atoms with Crippen LogP contribution in [-0.2, 0) is 6.42 Å². The first kappa shape index (κ1) is 12.2. The molecule has 18 heavy (non-hydrogen) atoms. The van der Waals surface area contributed by atoms with Gasteiger partial charge >= 0.3 is 5.97 Å². The number of aromatic nitrogens is 2. The third-order valence-electron chi connectivity index (χ3n) is 2.58. The summed E-state index contributed by atoms with van der Waals surface area (Å²) in [4.78, 5) is 10.7. The minimum atomic E-state index is -1.21. The quantitative estimate of drug-likeness (QED) is 0.882. The Kier molecular flexibility index (Phi) is 3.10. The van der Waals surface area contributed by atoms with E-state index >= 15 is 0 Å². The zero-order valence-corrected chi connectivity index (χ0v) is 9.50. The monoisotopic (exact) mass is 252 g/mol. The Morgan fingerprint density at radius 1 is 1.39 bits per heavy atom. The van der Waals surface area contributed by atoms with Gasteiger partial charge in [-0.15, -0.1) is 0 Å². The van der Waals surface area contributed by atoms with Crippen LogP contribution in [0.5, 0.6) is 0 Å². The van der Waals surface area contributed by atoms with E-state index in [1.165, 1.54) is 12.1 Å². The molecule has 0 aliphatic carbocycles. The number of nitrogens with zero attached hydrogens (tertiary/aromatic N) is 1. The molecular formula is C12H10F2N2O2. The number of carbonyl (C=O) groups is 1. The Balaban J connectivity index is 2.55. The van der Waals surface area contributed by atoms with Crippen molar-refractivity contribution < 1.29 is 18.7 Å². The second-order valence-electron chi connectivity index (χ2n) is 3.76. The number of H-pyrrole nitrogens is 1. The third kappa shape index (κ3) is 2.09. The van der Waals surface area contributed by atoms with Crippen molar-refractivity contribution in [2.75, 3.05) is 0 Å². The van der Waals surface area contributed by atoms with Crippen molar-refractivity contribution in [3.63, 3.8) is 0 Å². The SMILES string of the molecule is CCc1cc(F)c(F)c(-c2cc(C(=O)O)[nH]n2)c1. The lowest BCUT2D eigenvalue weighted by atomic mass is 10.1. The van der Waals surface area contributed by atoms with Gasteiger partial charge in [0.2, 0.25) is 0 Å². The molecule has 0 radical (unpaired) electrons. The predicted octanol–water partition coefficient (Wildman–Crippen LogP) is 2.62. The summed E-state index contributed by atoms with van der Waals surface area (Å²) in [6.07, 6.45) is 0.542. The predicted molar refractivity (Wildman–Crippen MR) is 60.3 cm³/mol. The van der Waals surface area contributed by atoms with Crippen LogP contribution in [0.15, 0.2) is 18.2 Å². The van der Waals surface area contributed by atoms with Crippen molar-refractivity contribution >= 4 is 5.97 Å². The summed E-state index contributed by atoms with van der Waals surface area (Å²) in [5, 5.41) is 14.7. The van der Waals surface area contributed by atoms with Crippen molar-refractivity contribution in [2.45, 2.75) is 13.3 Å². The second-order valence-corrected chi connectivity index (χ2v) is 3.76. The standard InChI is InChI=1S/C12H10F2N2O2/c1-2-6-3-7(11(14)8(13)4-6)9-5-10(12(17)18)16-15-9/h3-5H,2H2,1H3,(H,15,16)(H,17,18). The van der Waals surface area contributed by atoms with Crippen LogP contribution in [0.4, 0.5) is 8.78 Å². The Morgan fingerprint density at radius 3 is 2.67 bits per heavy atom. The molecule has 0 bridgehead atoms. The molecular weight excluding hydrogens is 242 g/mol. The largest absolute Gasteiger partial charge is 0.477 e. The van der Waals surface area contributed by atoms with E-state index in [2.05, 4.69) is 10.2 Å². The average Bonchev–Trinajstić information content (AvgIpc) is 2.82. The molecule has 0 unspecified atom stereocenters. The molecule has 0 atom stereocenters. The summed E-state index contributed by atoms with van der Waals surface area (Å²) in [5.74, 6) is -3.21. The number of hydrogen-bond donors (Lipinski definition) is 2.